The Labute approximate surface area is 221 Å². The number of hydrogen-bond donors (Lipinski definition) is 3. The molecule has 0 unspecified atom stereocenters. The molecule has 0 aromatic rings. The minimum absolute atomic E-state index is 0.0117. The van der Waals surface area contributed by atoms with Gasteiger partial charge in [0.2, 0.25) is 0 Å². The summed E-state index contributed by atoms with van der Waals surface area (Å²) in [7, 11) is 0. The number of hydrogen-bond acceptors (Lipinski definition) is 3. The van der Waals surface area contributed by atoms with Gasteiger partial charge in [0, 0.05) is 0 Å². The van der Waals surface area contributed by atoms with Crippen LogP contribution < -0.4 is 5.32 Å². The van der Waals surface area contributed by atoms with Crippen LogP contribution in [0.1, 0.15) is 168 Å². The Kier molecular flexibility index (Phi) is 29.5. The summed E-state index contributed by atoms with van der Waals surface area (Å²) in [5.74, 6) is 0. The molecule has 0 heterocycles. The zero-order valence-electron chi connectivity index (χ0n) is 24.1. The second-order valence-corrected chi connectivity index (χ2v) is 10.9. The zero-order chi connectivity index (χ0) is 25.7. The molecular formula is C32H65NO2. The highest BCUT2D eigenvalue weighted by Gasteiger charge is 2.14. The largest absolute Gasteiger partial charge is 0.395 e. The van der Waals surface area contributed by atoms with Gasteiger partial charge in [-0.15, -0.1) is 0 Å². The lowest BCUT2D eigenvalue weighted by molar-refractivity contribution is 0.123. The Morgan fingerprint density at radius 2 is 0.914 bits per heavy atom. The molecule has 0 aliphatic rings. The molecule has 0 bridgehead atoms. The molecule has 0 aliphatic carbocycles. The van der Waals surface area contributed by atoms with Crippen molar-refractivity contribution in [1.82, 2.24) is 5.32 Å². The summed E-state index contributed by atoms with van der Waals surface area (Å²) >= 11 is 0. The molecule has 3 N–H and O–H groups in total. The van der Waals surface area contributed by atoms with Crippen molar-refractivity contribution in [2.75, 3.05) is 13.2 Å². The smallest absolute Gasteiger partial charge is 0.0896 e. The van der Waals surface area contributed by atoms with Crippen molar-refractivity contribution in [3.63, 3.8) is 0 Å². The van der Waals surface area contributed by atoms with Gasteiger partial charge in [0.05, 0.1) is 18.8 Å². The molecular weight excluding hydrogens is 430 g/mol. The Hall–Kier alpha value is -0.380. The number of nitrogens with one attached hydrogen (secondary N) is 1. The highest BCUT2D eigenvalue weighted by atomic mass is 16.3. The Morgan fingerprint density at radius 1 is 0.543 bits per heavy atom. The second-order valence-electron chi connectivity index (χ2n) is 10.9. The van der Waals surface area contributed by atoms with Crippen molar-refractivity contribution in [2.24, 2.45) is 0 Å². The molecule has 3 heteroatoms. The van der Waals surface area contributed by atoms with Crippen molar-refractivity contribution in [1.29, 1.82) is 0 Å². The lowest BCUT2D eigenvalue weighted by atomic mass is 10.0. The van der Waals surface area contributed by atoms with E-state index in [9.17, 15) is 10.2 Å². The van der Waals surface area contributed by atoms with E-state index < -0.39 is 6.10 Å². The van der Waals surface area contributed by atoms with Crippen LogP contribution in [0.4, 0.5) is 0 Å². The van der Waals surface area contributed by atoms with Gasteiger partial charge in [-0.1, -0.05) is 161 Å². The van der Waals surface area contributed by atoms with Crippen molar-refractivity contribution >= 4 is 0 Å². The van der Waals surface area contributed by atoms with Gasteiger partial charge in [-0.3, -0.25) is 0 Å². The fourth-order valence-electron chi connectivity index (χ4n) is 4.84. The lowest BCUT2D eigenvalue weighted by Crippen LogP contribution is -2.42. The minimum atomic E-state index is -0.593. The SMILES string of the molecule is CCCCCCCCCCCCCC=C[C@@H](O)[C@H](CO)NCCCCCCCCCCCCCC. The molecule has 0 saturated heterocycles. The maximum Gasteiger partial charge on any atom is 0.0896 e. The standard InChI is InChI=1S/C32H65NO2/c1-3-5-7-9-11-13-15-17-18-20-22-24-26-28-32(35)31(30-34)33-29-27-25-23-21-19-16-14-12-10-8-6-4-2/h26,28,31-35H,3-25,27,29-30H2,1-2H3/t31-,32+/m0/s1. The second kappa shape index (κ2) is 29.8. The highest BCUT2D eigenvalue weighted by Crippen LogP contribution is 2.13. The lowest BCUT2D eigenvalue weighted by Gasteiger charge is -2.19. The molecule has 0 fully saturated rings. The first-order valence-corrected chi connectivity index (χ1v) is 15.9. The number of aliphatic hydroxyl groups is 2. The van der Waals surface area contributed by atoms with Gasteiger partial charge in [-0.05, 0) is 25.8 Å². The summed E-state index contributed by atoms with van der Waals surface area (Å²) in [5.41, 5.74) is 0. The van der Waals surface area contributed by atoms with Gasteiger partial charge in [0.1, 0.15) is 0 Å². The predicted octanol–water partition coefficient (Wildman–Crippen LogP) is 9.26. The Balaban J connectivity index is 3.50. The monoisotopic (exact) mass is 496 g/mol. The average molecular weight is 496 g/mol. The minimum Gasteiger partial charge on any atom is -0.395 e. The van der Waals surface area contributed by atoms with Crippen LogP contribution in [0.2, 0.25) is 0 Å². The van der Waals surface area contributed by atoms with Crippen molar-refractivity contribution in [3.05, 3.63) is 12.2 Å². The van der Waals surface area contributed by atoms with Crippen molar-refractivity contribution in [2.45, 2.75) is 180 Å². The van der Waals surface area contributed by atoms with E-state index in [2.05, 4.69) is 25.2 Å². The van der Waals surface area contributed by atoms with Gasteiger partial charge >= 0.3 is 0 Å². The molecule has 0 aromatic carbocycles. The first-order valence-electron chi connectivity index (χ1n) is 15.9. The molecule has 0 saturated carbocycles. The fraction of sp³-hybridized carbons (Fsp3) is 0.938. The molecule has 0 rings (SSSR count). The van der Waals surface area contributed by atoms with E-state index in [0.29, 0.717) is 0 Å². The van der Waals surface area contributed by atoms with Crippen LogP contribution in [0.25, 0.3) is 0 Å². The molecule has 0 aromatic heterocycles. The molecule has 0 spiro atoms. The summed E-state index contributed by atoms with van der Waals surface area (Å²) < 4.78 is 0. The first-order chi connectivity index (χ1) is 17.3. The molecule has 0 amide bonds. The van der Waals surface area contributed by atoms with Crippen LogP contribution in [0.5, 0.6) is 0 Å². The summed E-state index contributed by atoms with van der Waals surface area (Å²) in [6, 6.07) is -0.240. The van der Waals surface area contributed by atoms with Crippen LogP contribution in [0, 0.1) is 0 Å². The summed E-state index contributed by atoms with van der Waals surface area (Å²) in [6.45, 7) is 5.42. The summed E-state index contributed by atoms with van der Waals surface area (Å²) in [6.07, 6.45) is 35.6. The number of rotatable bonds is 29. The predicted molar refractivity (Wildman–Crippen MR) is 156 cm³/mol. The molecule has 35 heavy (non-hydrogen) atoms. The maximum atomic E-state index is 10.4. The van der Waals surface area contributed by atoms with Gasteiger partial charge in [-0.2, -0.15) is 0 Å². The quantitative estimate of drug-likeness (QED) is 0.0715. The van der Waals surface area contributed by atoms with E-state index in [-0.39, 0.29) is 12.6 Å². The van der Waals surface area contributed by atoms with Crippen LogP contribution in [0.15, 0.2) is 12.2 Å². The van der Waals surface area contributed by atoms with Gasteiger partial charge in [0.25, 0.3) is 0 Å². The Morgan fingerprint density at radius 3 is 1.31 bits per heavy atom. The number of aliphatic hydroxyl groups excluding tert-OH is 2. The third kappa shape index (κ3) is 26.5. The molecule has 3 nitrogen and oxygen atoms in total. The molecule has 0 radical (unpaired) electrons. The Bertz CT molecular complexity index is 412. The van der Waals surface area contributed by atoms with E-state index in [4.69, 9.17) is 0 Å². The van der Waals surface area contributed by atoms with Crippen molar-refractivity contribution < 1.29 is 10.2 Å². The summed E-state index contributed by atoms with van der Waals surface area (Å²) in [5, 5.41) is 23.4. The highest BCUT2D eigenvalue weighted by molar-refractivity contribution is 4.94. The van der Waals surface area contributed by atoms with Gasteiger partial charge in [-0.25, -0.2) is 0 Å². The van der Waals surface area contributed by atoms with E-state index in [1.165, 1.54) is 141 Å². The average Bonchev–Trinajstić information content (AvgIpc) is 2.87. The van der Waals surface area contributed by atoms with Gasteiger partial charge in [0.15, 0.2) is 0 Å². The van der Waals surface area contributed by atoms with Crippen LogP contribution in [-0.4, -0.2) is 35.5 Å². The van der Waals surface area contributed by atoms with E-state index in [0.717, 1.165) is 19.4 Å². The zero-order valence-corrected chi connectivity index (χ0v) is 24.1. The molecule has 210 valence electrons. The third-order valence-electron chi connectivity index (χ3n) is 7.35. The topological polar surface area (TPSA) is 52.5 Å². The fourth-order valence-corrected chi connectivity index (χ4v) is 4.84. The number of allylic oxidation sites excluding steroid dienone is 1. The summed E-state index contributed by atoms with van der Waals surface area (Å²) in [4.78, 5) is 0. The molecule has 2 atom stereocenters. The van der Waals surface area contributed by atoms with E-state index in [1.807, 2.05) is 6.08 Å². The van der Waals surface area contributed by atoms with Crippen LogP contribution >= 0.6 is 0 Å². The number of unbranched alkanes of at least 4 members (excludes halogenated alkanes) is 22. The van der Waals surface area contributed by atoms with Crippen molar-refractivity contribution in [3.8, 4) is 0 Å². The maximum absolute atomic E-state index is 10.4. The normalized spacial score (nSPS) is 13.6. The third-order valence-corrected chi connectivity index (χ3v) is 7.35. The van der Waals surface area contributed by atoms with E-state index >= 15 is 0 Å². The first kappa shape index (κ1) is 34.6. The molecule has 0 aliphatic heterocycles. The van der Waals surface area contributed by atoms with E-state index in [1.54, 1.807) is 0 Å². The van der Waals surface area contributed by atoms with Crippen LogP contribution in [0.3, 0.4) is 0 Å². The van der Waals surface area contributed by atoms with Crippen LogP contribution in [-0.2, 0) is 0 Å². The van der Waals surface area contributed by atoms with Gasteiger partial charge < -0.3 is 15.5 Å².